The summed E-state index contributed by atoms with van der Waals surface area (Å²) >= 11 is 1.11. The summed E-state index contributed by atoms with van der Waals surface area (Å²) in [5, 5.41) is 13.2. The molecule has 1 N–H and O–H groups in total. The first-order valence-electron chi connectivity index (χ1n) is 11.1. The Morgan fingerprint density at radius 3 is 2.71 bits per heavy atom. The number of aliphatic imine (C=N–C) groups is 1. The van der Waals surface area contributed by atoms with Crippen molar-refractivity contribution in [2.45, 2.75) is 11.7 Å². The number of carbonyl (C=O) groups is 2. The molecule has 1 atom stereocenters. The Hall–Kier alpha value is -3.35. The first-order chi connectivity index (χ1) is 16.9. The van der Waals surface area contributed by atoms with Gasteiger partial charge < -0.3 is 10.1 Å². The van der Waals surface area contributed by atoms with Gasteiger partial charge in [-0.15, -0.1) is 0 Å². The lowest BCUT2D eigenvalue weighted by molar-refractivity contribution is -0.384. The normalized spacial score (nSPS) is 19.8. The number of nitro benzene ring substituents is 1. The molecule has 12 heteroatoms. The number of hydrogen-bond acceptors (Lipinski definition) is 8. The minimum absolute atomic E-state index is 0.112. The van der Waals surface area contributed by atoms with Crippen LogP contribution >= 0.6 is 11.8 Å². The third kappa shape index (κ3) is 6.41. The third-order valence-corrected chi connectivity index (χ3v) is 6.72. The van der Waals surface area contributed by atoms with E-state index < -0.39 is 21.9 Å². The van der Waals surface area contributed by atoms with Crippen LogP contribution in [-0.4, -0.2) is 76.3 Å². The van der Waals surface area contributed by atoms with Gasteiger partial charge in [-0.2, -0.15) is 0 Å². The highest BCUT2D eigenvalue weighted by Gasteiger charge is 2.39. The van der Waals surface area contributed by atoms with Gasteiger partial charge in [0, 0.05) is 50.4 Å². The predicted molar refractivity (Wildman–Crippen MR) is 130 cm³/mol. The lowest BCUT2D eigenvalue weighted by Gasteiger charge is -2.28. The van der Waals surface area contributed by atoms with Crippen molar-refractivity contribution in [2.24, 2.45) is 4.99 Å². The van der Waals surface area contributed by atoms with Crippen LogP contribution in [0.5, 0.6) is 0 Å². The van der Waals surface area contributed by atoms with E-state index in [0.29, 0.717) is 31.5 Å². The number of carbonyl (C=O) groups excluding carboxylic acids is 2. The van der Waals surface area contributed by atoms with Gasteiger partial charge in [0.25, 0.3) is 5.69 Å². The van der Waals surface area contributed by atoms with Crippen molar-refractivity contribution in [1.82, 2.24) is 9.80 Å². The number of non-ortho nitro benzene ring substituents is 1. The molecule has 0 unspecified atom stereocenters. The van der Waals surface area contributed by atoms with Crippen molar-refractivity contribution in [3.05, 3.63) is 64.5 Å². The number of ether oxygens (including phenoxy) is 1. The summed E-state index contributed by atoms with van der Waals surface area (Å²) in [6.45, 7) is 3.70. The van der Waals surface area contributed by atoms with Crippen LogP contribution in [0.25, 0.3) is 0 Å². The second-order valence-corrected chi connectivity index (χ2v) is 9.13. The summed E-state index contributed by atoms with van der Waals surface area (Å²) in [4.78, 5) is 44.3. The Morgan fingerprint density at radius 2 is 1.97 bits per heavy atom. The maximum atomic E-state index is 14.2. The fourth-order valence-electron chi connectivity index (χ4n) is 3.72. The lowest BCUT2D eigenvalue weighted by atomic mass is 10.2. The van der Waals surface area contributed by atoms with Crippen molar-refractivity contribution >= 4 is 45.8 Å². The number of benzene rings is 2. The molecule has 184 valence electrons. The van der Waals surface area contributed by atoms with Gasteiger partial charge >= 0.3 is 0 Å². The van der Waals surface area contributed by atoms with Gasteiger partial charge in [0.2, 0.25) is 11.8 Å². The molecule has 2 saturated heterocycles. The summed E-state index contributed by atoms with van der Waals surface area (Å²) in [5.74, 6) is -1.25. The highest BCUT2D eigenvalue weighted by atomic mass is 32.2. The average molecular weight is 502 g/mol. The highest BCUT2D eigenvalue weighted by molar-refractivity contribution is 8.15. The molecule has 2 aromatic rings. The van der Waals surface area contributed by atoms with Crippen LogP contribution in [-0.2, 0) is 14.3 Å². The molecule has 0 aromatic heterocycles. The van der Waals surface area contributed by atoms with Crippen molar-refractivity contribution in [3.8, 4) is 0 Å². The SMILES string of the molecule is O=C(C[C@H]1SC(=Nc2ccccc2F)N(CCN2CCOCC2)C1=O)Nc1cccc([N+](=O)[O-])c1. The number of para-hydroxylation sites is 1. The monoisotopic (exact) mass is 501 g/mol. The number of rotatable bonds is 8. The van der Waals surface area contributed by atoms with E-state index in [2.05, 4.69) is 15.2 Å². The van der Waals surface area contributed by atoms with Gasteiger partial charge in [0.1, 0.15) is 16.8 Å². The van der Waals surface area contributed by atoms with Gasteiger partial charge in [-0.25, -0.2) is 9.38 Å². The predicted octanol–water partition coefficient (Wildman–Crippen LogP) is 3.03. The van der Waals surface area contributed by atoms with Crippen molar-refractivity contribution in [1.29, 1.82) is 0 Å². The molecule has 0 bridgehead atoms. The standard InChI is InChI=1S/C23H24FN5O5S/c24-18-6-1-2-7-19(18)26-23-28(9-8-27-10-12-34-13-11-27)22(31)20(35-23)15-21(30)25-16-4-3-5-17(14-16)29(32)33/h1-7,14,20H,8-13,15H2,(H,25,30)/t20-/m1/s1. The van der Waals surface area contributed by atoms with Gasteiger partial charge in [-0.05, 0) is 18.2 Å². The Labute approximate surface area is 205 Å². The summed E-state index contributed by atoms with van der Waals surface area (Å²) in [7, 11) is 0. The van der Waals surface area contributed by atoms with Crippen LogP contribution in [0.4, 0.5) is 21.5 Å². The van der Waals surface area contributed by atoms with E-state index in [0.717, 1.165) is 24.9 Å². The third-order valence-electron chi connectivity index (χ3n) is 5.54. The zero-order chi connectivity index (χ0) is 24.8. The quantitative estimate of drug-likeness (QED) is 0.436. The number of nitrogens with one attached hydrogen (secondary N) is 1. The second kappa shape index (κ2) is 11.4. The number of thioether (sulfide) groups is 1. The van der Waals surface area contributed by atoms with Crippen molar-refractivity contribution in [3.63, 3.8) is 0 Å². The van der Waals surface area contributed by atoms with E-state index >= 15 is 0 Å². The average Bonchev–Trinajstić information content (AvgIpc) is 3.13. The van der Waals surface area contributed by atoms with E-state index in [4.69, 9.17) is 4.74 Å². The van der Waals surface area contributed by atoms with Gasteiger partial charge in [-0.3, -0.25) is 29.5 Å². The molecule has 2 aromatic carbocycles. The van der Waals surface area contributed by atoms with Gasteiger partial charge in [0.05, 0.1) is 18.1 Å². The van der Waals surface area contributed by atoms with E-state index in [9.17, 15) is 24.1 Å². The molecule has 0 saturated carbocycles. The largest absolute Gasteiger partial charge is 0.379 e. The Morgan fingerprint density at radius 1 is 1.20 bits per heavy atom. The molecule has 0 radical (unpaired) electrons. The molecule has 2 aliphatic rings. The Balaban J connectivity index is 1.47. The molecule has 2 amide bonds. The molecule has 0 aliphatic carbocycles. The number of morpholine rings is 1. The molecule has 35 heavy (non-hydrogen) atoms. The molecule has 0 spiro atoms. The highest BCUT2D eigenvalue weighted by Crippen LogP contribution is 2.32. The Bertz CT molecular complexity index is 1140. The molecule has 10 nitrogen and oxygen atoms in total. The molecule has 2 aliphatic heterocycles. The molecular weight excluding hydrogens is 477 g/mol. The number of amidine groups is 1. The summed E-state index contributed by atoms with van der Waals surface area (Å²) in [5.41, 5.74) is 0.229. The van der Waals surface area contributed by atoms with Crippen molar-refractivity contribution in [2.75, 3.05) is 44.7 Å². The van der Waals surface area contributed by atoms with Gasteiger partial charge in [0.15, 0.2) is 5.17 Å². The zero-order valence-electron chi connectivity index (χ0n) is 18.8. The van der Waals surface area contributed by atoms with E-state index in [-0.39, 0.29) is 29.4 Å². The first-order valence-corrected chi connectivity index (χ1v) is 11.9. The van der Waals surface area contributed by atoms with Crippen LogP contribution < -0.4 is 5.32 Å². The fourth-order valence-corrected chi connectivity index (χ4v) is 4.90. The lowest BCUT2D eigenvalue weighted by Crippen LogP contribution is -2.43. The fraction of sp³-hybridized carbons (Fsp3) is 0.348. The zero-order valence-corrected chi connectivity index (χ0v) is 19.6. The number of nitro groups is 1. The minimum atomic E-state index is -0.746. The van der Waals surface area contributed by atoms with Crippen LogP contribution in [0, 0.1) is 15.9 Å². The smallest absolute Gasteiger partial charge is 0.271 e. The van der Waals surface area contributed by atoms with Crippen LogP contribution in [0.2, 0.25) is 0 Å². The topological polar surface area (TPSA) is 117 Å². The van der Waals surface area contributed by atoms with Crippen LogP contribution in [0.3, 0.4) is 0 Å². The van der Waals surface area contributed by atoms with Crippen molar-refractivity contribution < 1.29 is 23.6 Å². The Kier molecular flexibility index (Phi) is 8.06. The number of amides is 2. The molecule has 4 rings (SSSR count). The summed E-state index contributed by atoms with van der Waals surface area (Å²) in [6.07, 6.45) is -0.156. The minimum Gasteiger partial charge on any atom is -0.379 e. The van der Waals surface area contributed by atoms with Crippen LogP contribution in [0.1, 0.15) is 6.42 Å². The van der Waals surface area contributed by atoms with E-state index in [1.807, 2.05) is 0 Å². The summed E-state index contributed by atoms with van der Waals surface area (Å²) < 4.78 is 19.6. The van der Waals surface area contributed by atoms with Crippen LogP contribution in [0.15, 0.2) is 53.5 Å². The maximum Gasteiger partial charge on any atom is 0.271 e. The number of halogens is 1. The number of nitrogens with zero attached hydrogens (tertiary/aromatic N) is 4. The summed E-state index contributed by atoms with van der Waals surface area (Å²) in [6, 6.07) is 11.6. The molecule has 2 fully saturated rings. The van der Waals surface area contributed by atoms with E-state index in [1.165, 1.54) is 41.3 Å². The first kappa shape index (κ1) is 24.8. The van der Waals surface area contributed by atoms with E-state index in [1.54, 1.807) is 12.1 Å². The number of hydrogen-bond donors (Lipinski definition) is 1. The molecule has 2 heterocycles. The molecular formula is C23H24FN5O5S. The van der Waals surface area contributed by atoms with Gasteiger partial charge in [-0.1, -0.05) is 30.0 Å². The maximum absolute atomic E-state index is 14.2. The number of anilines is 1. The second-order valence-electron chi connectivity index (χ2n) is 7.96.